The average molecular weight is 515 g/mol. The maximum absolute atomic E-state index is 14.8. The molecule has 198 valence electrons. The molecule has 2 heterocycles. The second-order valence-electron chi connectivity index (χ2n) is 9.51. The molecule has 2 atom stereocenters. The highest BCUT2D eigenvalue weighted by atomic mass is 19.2. The molecular weight excluding hydrogens is 479 g/mol. The van der Waals surface area contributed by atoms with Crippen molar-refractivity contribution in [3.8, 4) is 11.5 Å². The first-order valence-corrected chi connectivity index (χ1v) is 12.9. The number of halogens is 1. The van der Waals surface area contributed by atoms with Crippen molar-refractivity contribution in [2.45, 2.75) is 44.4 Å². The summed E-state index contributed by atoms with van der Waals surface area (Å²) < 4.78 is 30.9. The number of aliphatic imine (C=N–C) groups is 1. The van der Waals surface area contributed by atoms with E-state index in [0.717, 1.165) is 65.6 Å². The molecule has 1 aliphatic heterocycles. The molecule has 0 amide bonds. The maximum atomic E-state index is 14.8. The van der Waals surface area contributed by atoms with E-state index in [1.165, 1.54) is 12.7 Å². The van der Waals surface area contributed by atoms with Crippen molar-refractivity contribution >= 4 is 11.4 Å². The van der Waals surface area contributed by atoms with Crippen LogP contribution in [0.3, 0.4) is 0 Å². The molecule has 2 aromatic carbocycles. The number of benzene rings is 2. The van der Waals surface area contributed by atoms with Gasteiger partial charge in [0.05, 0.1) is 12.8 Å². The summed E-state index contributed by atoms with van der Waals surface area (Å²) in [6.45, 7) is 5.56. The van der Waals surface area contributed by atoms with Crippen molar-refractivity contribution in [1.29, 1.82) is 0 Å². The lowest BCUT2D eigenvalue weighted by Gasteiger charge is -2.22. The molecule has 3 aromatic rings. The number of ether oxygens (including phenoxy) is 3. The van der Waals surface area contributed by atoms with Gasteiger partial charge in [0.1, 0.15) is 18.1 Å². The number of allylic oxidation sites excluding steroid dienone is 1. The van der Waals surface area contributed by atoms with Gasteiger partial charge in [-0.1, -0.05) is 37.8 Å². The molecule has 0 fully saturated rings. The Morgan fingerprint density at radius 1 is 1.08 bits per heavy atom. The standard InChI is InChI=1S/C32H35FN2O3/c1-5-32(33,22-36-3)38-27-12-6-9-24(19-27)10-7-13-31-29-20-26(37-4)15-16-28(29)23(2)14-17-30(35-31)25-11-8-18-34-21-25/h5-6,8-9,11-12,15-21,23H,1,7,10,13-14,22H2,2-4H3. The maximum Gasteiger partial charge on any atom is 0.290 e. The summed E-state index contributed by atoms with van der Waals surface area (Å²) in [5, 5.41) is 0. The van der Waals surface area contributed by atoms with Gasteiger partial charge in [0.25, 0.3) is 5.85 Å². The summed E-state index contributed by atoms with van der Waals surface area (Å²) in [6.07, 6.45) is 10.2. The molecule has 0 N–H and O–H groups in total. The molecule has 4 rings (SSSR count). The molecule has 0 saturated carbocycles. The van der Waals surface area contributed by atoms with Gasteiger partial charge in [-0.2, -0.15) is 4.39 Å². The molecular formula is C32H35FN2O3. The molecule has 0 radical (unpaired) electrons. The Balaban J connectivity index is 1.58. The van der Waals surface area contributed by atoms with Crippen LogP contribution in [-0.2, 0) is 11.2 Å². The van der Waals surface area contributed by atoms with Gasteiger partial charge < -0.3 is 14.2 Å². The fourth-order valence-electron chi connectivity index (χ4n) is 4.64. The Hall–Kier alpha value is -3.77. The molecule has 1 aromatic heterocycles. The fourth-order valence-corrected chi connectivity index (χ4v) is 4.64. The van der Waals surface area contributed by atoms with Crippen molar-refractivity contribution in [2.24, 2.45) is 4.99 Å². The van der Waals surface area contributed by atoms with Gasteiger partial charge in [-0.05, 0) is 85.2 Å². The van der Waals surface area contributed by atoms with E-state index in [4.69, 9.17) is 19.2 Å². The highest BCUT2D eigenvalue weighted by Crippen LogP contribution is 2.33. The molecule has 6 heteroatoms. The third-order valence-corrected chi connectivity index (χ3v) is 6.69. The summed E-state index contributed by atoms with van der Waals surface area (Å²) in [5.41, 5.74) is 6.40. The molecule has 2 unspecified atom stereocenters. The number of fused-ring (bicyclic) bond motifs is 1. The number of rotatable bonds is 11. The van der Waals surface area contributed by atoms with Crippen molar-refractivity contribution in [3.63, 3.8) is 0 Å². The number of aryl methyl sites for hydroxylation is 1. The first-order chi connectivity index (χ1) is 18.4. The molecule has 1 aliphatic rings. The Kier molecular flexibility index (Phi) is 9.08. The quantitative estimate of drug-likeness (QED) is 0.252. The largest absolute Gasteiger partial charge is 0.497 e. The van der Waals surface area contributed by atoms with Crippen LogP contribution in [0.5, 0.6) is 11.5 Å². The molecule has 0 spiro atoms. The van der Waals surface area contributed by atoms with Gasteiger partial charge in [0, 0.05) is 36.3 Å². The Bertz CT molecular complexity index is 1310. The number of methoxy groups -OCH3 is 2. The molecule has 0 saturated heterocycles. The molecule has 0 bridgehead atoms. The van der Waals surface area contributed by atoms with Gasteiger partial charge in [0.15, 0.2) is 0 Å². The SMILES string of the molecule is C=CC(F)(COC)Oc1cccc(CCCC2=NC(c3cccnc3)=CCC(C)c3ccc(OC)cc32)c1. The number of nitrogens with zero attached hydrogens (tertiary/aromatic N) is 2. The Labute approximate surface area is 224 Å². The number of alkyl halides is 1. The first kappa shape index (κ1) is 27.3. The highest BCUT2D eigenvalue weighted by Gasteiger charge is 2.28. The number of hydrogen-bond donors (Lipinski definition) is 0. The van der Waals surface area contributed by atoms with Gasteiger partial charge in [-0.3, -0.25) is 9.98 Å². The lowest BCUT2D eigenvalue weighted by Crippen LogP contribution is -2.33. The van der Waals surface area contributed by atoms with Crippen LogP contribution in [-0.4, -0.2) is 37.4 Å². The second-order valence-corrected chi connectivity index (χ2v) is 9.51. The zero-order valence-corrected chi connectivity index (χ0v) is 22.3. The summed E-state index contributed by atoms with van der Waals surface area (Å²) in [7, 11) is 3.12. The molecule has 38 heavy (non-hydrogen) atoms. The van der Waals surface area contributed by atoms with E-state index < -0.39 is 5.85 Å². The number of pyridine rings is 1. The summed E-state index contributed by atoms with van der Waals surface area (Å²) in [6, 6.07) is 17.8. The van der Waals surface area contributed by atoms with E-state index in [9.17, 15) is 4.39 Å². The zero-order chi connectivity index (χ0) is 27.0. The monoisotopic (exact) mass is 514 g/mol. The molecule has 0 aliphatic carbocycles. The number of aromatic nitrogens is 1. The van der Waals surface area contributed by atoms with Crippen LogP contribution in [0.2, 0.25) is 0 Å². The Morgan fingerprint density at radius 3 is 2.68 bits per heavy atom. The van der Waals surface area contributed by atoms with Crippen LogP contribution in [0.15, 0.2) is 90.7 Å². The summed E-state index contributed by atoms with van der Waals surface area (Å²) >= 11 is 0. The third-order valence-electron chi connectivity index (χ3n) is 6.69. The summed E-state index contributed by atoms with van der Waals surface area (Å²) in [4.78, 5) is 9.47. The highest BCUT2D eigenvalue weighted by molar-refractivity contribution is 6.05. The van der Waals surface area contributed by atoms with Crippen LogP contribution in [0.1, 0.15) is 54.4 Å². The number of hydrogen-bond acceptors (Lipinski definition) is 5. The smallest absolute Gasteiger partial charge is 0.290 e. The minimum absolute atomic E-state index is 0.228. The Morgan fingerprint density at radius 2 is 1.95 bits per heavy atom. The minimum Gasteiger partial charge on any atom is -0.497 e. The summed E-state index contributed by atoms with van der Waals surface area (Å²) in [5.74, 6) is -0.486. The molecule has 5 nitrogen and oxygen atoms in total. The third kappa shape index (κ3) is 6.75. The normalized spacial score (nSPS) is 16.7. The van der Waals surface area contributed by atoms with Crippen LogP contribution < -0.4 is 9.47 Å². The van der Waals surface area contributed by atoms with Crippen LogP contribution >= 0.6 is 0 Å². The van der Waals surface area contributed by atoms with Gasteiger partial charge in [0.2, 0.25) is 0 Å². The van der Waals surface area contributed by atoms with E-state index >= 15 is 0 Å². The predicted molar refractivity (Wildman–Crippen MR) is 151 cm³/mol. The predicted octanol–water partition coefficient (Wildman–Crippen LogP) is 7.33. The average Bonchev–Trinajstić information content (AvgIpc) is 2.94. The second kappa shape index (κ2) is 12.7. The topological polar surface area (TPSA) is 52.9 Å². The van der Waals surface area contributed by atoms with E-state index in [-0.39, 0.29) is 6.61 Å². The lowest BCUT2D eigenvalue weighted by molar-refractivity contribution is -0.0708. The van der Waals surface area contributed by atoms with Gasteiger partial charge in [-0.25, -0.2) is 0 Å². The fraction of sp³-hybridized carbons (Fsp3) is 0.312. The minimum atomic E-state index is -2.07. The van der Waals surface area contributed by atoms with E-state index in [0.29, 0.717) is 11.7 Å². The van der Waals surface area contributed by atoms with Crippen molar-refractivity contribution in [2.75, 3.05) is 20.8 Å². The zero-order valence-electron chi connectivity index (χ0n) is 22.3. The van der Waals surface area contributed by atoms with Gasteiger partial charge >= 0.3 is 0 Å². The lowest BCUT2D eigenvalue weighted by atomic mass is 9.87. The van der Waals surface area contributed by atoms with Crippen molar-refractivity contribution < 1.29 is 18.6 Å². The van der Waals surface area contributed by atoms with E-state index in [2.05, 4.69) is 36.7 Å². The van der Waals surface area contributed by atoms with E-state index in [1.54, 1.807) is 19.4 Å². The first-order valence-electron chi connectivity index (χ1n) is 12.9. The van der Waals surface area contributed by atoms with Crippen LogP contribution in [0.4, 0.5) is 4.39 Å². The van der Waals surface area contributed by atoms with E-state index in [1.807, 2.05) is 42.6 Å². The van der Waals surface area contributed by atoms with Crippen LogP contribution in [0.25, 0.3) is 5.70 Å². The van der Waals surface area contributed by atoms with Crippen molar-refractivity contribution in [3.05, 3.63) is 108 Å². The van der Waals surface area contributed by atoms with Crippen LogP contribution in [0, 0.1) is 0 Å². The van der Waals surface area contributed by atoms with Gasteiger partial charge in [-0.15, -0.1) is 0 Å². The van der Waals surface area contributed by atoms with Crippen molar-refractivity contribution in [1.82, 2.24) is 4.98 Å².